The van der Waals surface area contributed by atoms with Crippen LogP contribution in [0.5, 0.6) is 5.75 Å². The summed E-state index contributed by atoms with van der Waals surface area (Å²) in [4.78, 5) is 23.1. The Hall–Kier alpha value is -1.55. The van der Waals surface area contributed by atoms with Gasteiger partial charge in [-0.25, -0.2) is 0 Å². The molecule has 1 atom stereocenters. The number of aliphatic imine (C=N–C) groups is 1. The summed E-state index contributed by atoms with van der Waals surface area (Å²) in [5, 5.41) is 3.29. The van der Waals surface area contributed by atoms with E-state index in [0.29, 0.717) is 13.1 Å². The fraction of sp³-hybridized carbons (Fsp3) is 0.619. The first-order valence-electron chi connectivity index (χ1n) is 9.95. The van der Waals surface area contributed by atoms with Crippen molar-refractivity contribution in [2.75, 3.05) is 61.0 Å². The Labute approximate surface area is 193 Å². The van der Waals surface area contributed by atoms with Crippen molar-refractivity contribution in [2.45, 2.75) is 26.8 Å². The predicted octanol–water partition coefficient (Wildman–Crippen LogP) is 2.68. The van der Waals surface area contributed by atoms with E-state index >= 15 is 0 Å². The summed E-state index contributed by atoms with van der Waals surface area (Å²) in [6, 6.07) is 8.17. The van der Waals surface area contributed by atoms with E-state index in [1.807, 2.05) is 69.9 Å². The number of nitrogens with one attached hydrogen (secondary N) is 1. The van der Waals surface area contributed by atoms with Gasteiger partial charge >= 0.3 is 0 Å². The lowest BCUT2D eigenvalue weighted by atomic mass is 10.1. The molecule has 0 fully saturated rings. The maximum atomic E-state index is 12.4. The molecule has 29 heavy (non-hydrogen) atoms. The number of carbonyl (C=O) groups is 1. The summed E-state index contributed by atoms with van der Waals surface area (Å²) in [6.45, 7) is 9.08. The van der Waals surface area contributed by atoms with Crippen molar-refractivity contribution in [3.05, 3.63) is 29.8 Å². The number of nitrogens with zero attached hydrogens (tertiary/aromatic N) is 4. The van der Waals surface area contributed by atoms with E-state index in [1.165, 1.54) is 0 Å². The van der Waals surface area contributed by atoms with Crippen molar-refractivity contribution in [3.8, 4) is 5.75 Å². The largest absolute Gasteiger partial charge is 0.497 e. The second-order valence-electron chi connectivity index (χ2n) is 6.87. The number of halogens is 1. The minimum Gasteiger partial charge on any atom is -0.497 e. The van der Waals surface area contributed by atoms with Crippen molar-refractivity contribution in [1.29, 1.82) is 0 Å². The van der Waals surface area contributed by atoms with Gasteiger partial charge in [-0.3, -0.25) is 9.79 Å². The Balaban J connectivity index is 0.00000784. The number of carbonyl (C=O) groups excluding carboxylic acids is 1. The highest BCUT2D eigenvalue weighted by molar-refractivity contribution is 14.0. The number of benzene rings is 1. The molecule has 0 aliphatic heterocycles. The van der Waals surface area contributed by atoms with Crippen LogP contribution in [0.15, 0.2) is 29.3 Å². The van der Waals surface area contributed by atoms with Crippen LogP contribution in [0.25, 0.3) is 0 Å². The normalized spacial score (nSPS) is 12.2. The van der Waals surface area contributed by atoms with Crippen LogP contribution in [0.1, 0.15) is 32.4 Å². The topological polar surface area (TPSA) is 60.4 Å². The molecule has 1 amide bonds. The van der Waals surface area contributed by atoms with Gasteiger partial charge in [0.05, 0.1) is 26.2 Å². The predicted molar refractivity (Wildman–Crippen MR) is 131 cm³/mol. The van der Waals surface area contributed by atoms with E-state index in [9.17, 15) is 4.79 Å². The Kier molecular flexibility index (Phi) is 13.7. The first-order valence-corrected chi connectivity index (χ1v) is 9.95. The first kappa shape index (κ1) is 27.5. The zero-order valence-electron chi connectivity index (χ0n) is 18.9. The number of hydrogen-bond acceptors (Lipinski definition) is 4. The molecule has 1 unspecified atom stereocenters. The van der Waals surface area contributed by atoms with Crippen LogP contribution in [-0.4, -0.2) is 87.5 Å². The van der Waals surface area contributed by atoms with E-state index < -0.39 is 0 Å². The SMILES string of the molecule is CCNC(=NCC(c1cccc(OC)c1)N(C)C)N(C)CC(=O)N(CC)CC.I. The molecule has 1 N–H and O–H groups in total. The van der Waals surface area contributed by atoms with Crippen LogP contribution < -0.4 is 10.1 Å². The summed E-state index contributed by atoms with van der Waals surface area (Å²) in [6.07, 6.45) is 0. The molecule has 0 aliphatic rings. The van der Waals surface area contributed by atoms with Gasteiger partial charge in [0.2, 0.25) is 5.91 Å². The standard InChI is InChI=1S/C21H37N5O2.HI/c1-8-22-21(25(6)16-20(27)26(9-2)10-3)23-15-19(24(4)5)17-12-11-13-18(14-17)28-7;/h11-14,19H,8-10,15-16H2,1-7H3,(H,22,23);1H. The van der Waals surface area contributed by atoms with Gasteiger partial charge in [0.25, 0.3) is 0 Å². The average Bonchev–Trinajstić information content (AvgIpc) is 2.68. The maximum Gasteiger partial charge on any atom is 0.242 e. The van der Waals surface area contributed by atoms with Crippen LogP contribution >= 0.6 is 24.0 Å². The summed E-state index contributed by atoms with van der Waals surface area (Å²) in [7, 11) is 7.66. The van der Waals surface area contributed by atoms with Gasteiger partial charge < -0.3 is 24.8 Å². The van der Waals surface area contributed by atoms with Crippen LogP contribution in [0.2, 0.25) is 0 Å². The Bertz CT molecular complexity index is 635. The smallest absolute Gasteiger partial charge is 0.242 e. The summed E-state index contributed by atoms with van der Waals surface area (Å²) in [5.74, 6) is 1.68. The Morgan fingerprint density at radius 3 is 2.34 bits per heavy atom. The third-order valence-corrected chi connectivity index (χ3v) is 4.70. The highest BCUT2D eigenvalue weighted by Gasteiger charge is 2.18. The van der Waals surface area contributed by atoms with Crippen LogP contribution in [0, 0.1) is 0 Å². The lowest BCUT2D eigenvalue weighted by molar-refractivity contribution is -0.131. The number of rotatable bonds is 10. The Morgan fingerprint density at radius 1 is 1.17 bits per heavy atom. The van der Waals surface area contributed by atoms with E-state index in [2.05, 4.69) is 16.3 Å². The number of amides is 1. The molecule has 0 spiro atoms. The molecule has 0 bridgehead atoms. The summed E-state index contributed by atoms with van der Waals surface area (Å²) < 4.78 is 5.36. The van der Waals surface area contributed by atoms with Gasteiger partial charge in [-0.1, -0.05) is 12.1 Å². The fourth-order valence-corrected chi connectivity index (χ4v) is 3.01. The van der Waals surface area contributed by atoms with Crippen LogP contribution in [-0.2, 0) is 4.79 Å². The number of guanidine groups is 1. The van der Waals surface area contributed by atoms with E-state index in [1.54, 1.807) is 7.11 Å². The van der Waals surface area contributed by atoms with Crippen molar-refractivity contribution in [3.63, 3.8) is 0 Å². The van der Waals surface area contributed by atoms with Crippen molar-refractivity contribution < 1.29 is 9.53 Å². The zero-order valence-corrected chi connectivity index (χ0v) is 21.3. The van der Waals surface area contributed by atoms with Crippen molar-refractivity contribution in [1.82, 2.24) is 20.0 Å². The number of likely N-dealkylation sites (N-methyl/N-ethyl adjacent to an activating group) is 3. The molecule has 0 aromatic heterocycles. The number of ether oxygens (including phenoxy) is 1. The maximum absolute atomic E-state index is 12.4. The molecule has 0 saturated heterocycles. The van der Waals surface area contributed by atoms with Crippen LogP contribution in [0.3, 0.4) is 0 Å². The molecule has 1 aromatic carbocycles. The van der Waals surface area contributed by atoms with E-state index in [4.69, 9.17) is 9.73 Å². The molecule has 7 nitrogen and oxygen atoms in total. The molecule has 166 valence electrons. The first-order chi connectivity index (χ1) is 13.4. The minimum absolute atomic E-state index is 0. The summed E-state index contributed by atoms with van der Waals surface area (Å²) in [5.41, 5.74) is 1.14. The Morgan fingerprint density at radius 2 is 1.83 bits per heavy atom. The number of hydrogen-bond donors (Lipinski definition) is 1. The highest BCUT2D eigenvalue weighted by atomic mass is 127. The minimum atomic E-state index is 0. The van der Waals surface area contributed by atoms with Gasteiger partial charge in [-0.05, 0) is 52.6 Å². The summed E-state index contributed by atoms with van der Waals surface area (Å²) >= 11 is 0. The monoisotopic (exact) mass is 519 g/mol. The molecular weight excluding hydrogens is 481 g/mol. The lowest BCUT2D eigenvalue weighted by Gasteiger charge is -2.27. The molecule has 0 heterocycles. The highest BCUT2D eigenvalue weighted by Crippen LogP contribution is 2.23. The van der Waals surface area contributed by atoms with Crippen molar-refractivity contribution >= 4 is 35.8 Å². The van der Waals surface area contributed by atoms with Gasteiger partial charge in [0.15, 0.2) is 5.96 Å². The lowest BCUT2D eigenvalue weighted by Crippen LogP contribution is -2.46. The molecule has 0 aliphatic carbocycles. The average molecular weight is 519 g/mol. The second-order valence-corrected chi connectivity index (χ2v) is 6.87. The quantitative estimate of drug-likeness (QED) is 0.293. The van der Waals surface area contributed by atoms with Gasteiger partial charge in [-0.2, -0.15) is 0 Å². The molecule has 0 saturated carbocycles. The van der Waals surface area contributed by atoms with E-state index in [-0.39, 0.29) is 35.9 Å². The molecular formula is C21H38IN5O2. The van der Waals surface area contributed by atoms with Gasteiger partial charge in [0, 0.05) is 26.7 Å². The fourth-order valence-electron chi connectivity index (χ4n) is 3.01. The third-order valence-electron chi connectivity index (χ3n) is 4.70. The molecule has 0 radical (unpaired) electrons. The number of methoxy groups -OCH3 is 1. The van der Waals surface area contributed by atoms with Crippen LogP contribution in [0.4, 0.5) is 0 Å². The molecule has 1 rings (SSSR count). The molecule has 1 aromatic rings. The van der Waals surface area contributed by atoms with Gasteiger partial charge in [0.1, 0.15) is 5.75 Å². The second kappa shape index (κ2) is 14.4. The zero-order chi connectivity index (χ0) is 21.1. The van der Waals surface area contributed by atoms with Gasteiger partial charge in [-0.15, -0.1) is 24.0 Å². The van der Waals surface area contributed by atoms with E-state index in [0.717, 1.165) is 36.9 Å². The third kappa shape index (κ3) is 8.77. The van der Waals surface area contributed by atoms with Crippen molar-refractivity contribution in [2.24, 2.45) is 4.99 Å². The molecule has 8 heteroatoms.